The van der Waals surface area contributed by atoms with Crippen LogP contribution in [0.3, 0.4) is 0 Å². The first kappa shape index (κ1) is 24.4. The maximum Gasteiger partial charge on any atom is 0.451 e. The third kappa shape index (κ3) is 5.19. The first-order valence-electron chi connectivity index (χ1n) is 10.4. The molecule has 2 heterocycles. The highest BCUT2D eigenvalue weighted by molar-refractivity contribution is 7.73. The second-order valence-electron chi connectivity index (χ2n) is 7.80. The summed E-state index contributed by atoms with van der Waals surface area (Å²) in [4.78, 5) is 21.0. The molecule has 0 aliphatic carbocycles. The third-order valence-corrected chi connectivity index (χ3v) is 5.93. The molecule has 4 rings (SSSR count). The molecule has 1 saturated heterocycles. The zero-order valence-electron chi connectivity index (χ0n) is 17.9. The van der Waals surface area contributed by atoms with Crippen LogP contribution in [0.4, 0.5) is 29.1 Å². The number of rotatable bonds is 6. The van der Waals surface area contributed by atoms with Crippen molar-refractivity contribution in [1.82, 2.24) is 9.97 Å². The van der Waals surface area contributed by atoms with Crippen molar-refractivity contribution in [3.63, 3.8) is 0 Å². The molecular weight excluding hydrogens is 490 g/mol. The van der Waals surface area contributed by atoms with Crippen molar-refractivity contribution < 1.29 is 30.8 Å². The van der Waals surface area contributed by atoms with E-state index in [0.717, 1.165) is 12.1 Å². The molecule has 3 aromatic rings. The van der Waals surface area contributed by atoms with E-state index in [1.54, 1.807) is 6.07 Å². The predicted octanol–water partition coefficient (Wildman–Crippen LogP) is 3.36. The fourth-order valence-electron chi connectivity index (χ4n) is 4.03. The van der Waals surface area contributed by atoms with E-state index in [-0.39, 0.29) is 40.4 Å². The van der Waals surface area contributed by atoms with Crippen LogP contribution in [0, 0.1) is 5.82 Å². The van der Waals surface area contributed by atoms with Crippen LogP contribution in [0.1, 0.15) is 18.7 Å². The van der Waals surface area contributed by atoms with E-state index in [1.807, 2.05) is 0 Å². The Bertz CT molecular complexity index is 1340. The monoisotopic (exact) mass is 509 g/mol. The van der Waals surface area contributed by atoms with E-state index in [9.17, 15) is 30.8 Å². The summed E-state index contributed by atoms with van der Waals surface area (Å²) >= 11 is 0. The number of hydrogen-bond donors (Lipinski definition) is 3. The smallest absolute Gasteiger partial charge is 0.368 e. The lowest BCUT2D eigenvalue weighted by molar-refractivity contribution is -0.144. The number of benzene rings is 2. The van der Waals surface area contributed by atoms with Crippen molar-refractivity contribution in [2.24, 2.45) is 5.73 Å². The summed E-state index contributed by atoms with van der Waals surface area (Å²) in [5.41, 5.74) is 6.07. The molecule has 0 radical (unpaired) electrons. The molecule has 0 spiro atoms. The highest BCUT2D eigenvalue weighted by Gasteiger charge is 2.39. The molecule has 8 nitrogen and oxygen atoms in total. The van der Waals surface area contributed by atoms with Crippen LogP contribution in [-0.2, 0) is 21.9 Å². The largest absolute Gasteiger partial charge is 0.451 e. The second-order valence-corrected chi connectivity index (χ2v) is 8.54. The molecular formula is C22H19F4N5O3S. The first-order valence-corrected chi connectivity index (χ1v) is 11.5. The Morgan fingerprint density at radius 3 is 2.43 bits per heavy atom. The highest BCUT2D eigenvalue weighted by Crippen LogP contribution is 2.42. The zero-order valence-corrected chi connectivity index (χ0v) is 18.8. The summed E-state index contributed by atoms with van der Waals surface area (Å²) in [7, 11) is -3.01. The van der Waals surface area contributed by atoms with Gasteiger partial charge in [0.15, 0.2) is 0 Å². The number of thiol groups is 1. The van der Waals surface area contributed by atoms with Gasteiger partial charge < -0.3 is 10.6 Å². The van der Waals surface area contributed by atoms with Crippen LogP contribution >= 0.6 is 0 Å². The van der Waals surface area contributed by atoms with Gasteiger partial charge >= 0.3 is 6.18 Å². The molecule has 1 aliphatic heterocycles. The molecule has 2 aromatic carbocycles. The van der Waals surface area contributed by atoms with Crippen LogP contribution in [0.25, 0.3) is 22.4 Å². The number of amides is 1. The molecule has 1 aliphatic rings. The number of aromatic nitrogens is 2. The van der Waals surface area contributed by atoms with Crippen molar-refractivity contribution in [1.29, 1.82) is 0 Å². The van der Waals surface area contributed by atoms with E-state index in [0.29, 0.717) is 12.8 Å². The molecule has 0 saturated carbocycles. The van der Waals surface area contributed by atoms with Gasteiger partial charge in [0.1, 0.15) is 17.7 Å². The number of nitrogens with two attached hydrogens (primary N) is 1. The molecule has 184 valence electrons. The number of primary amides is 1. The van der Waals surface area contributed by atoms with Gasteiger partial charge in [-0.1, -0.05) is 12.1 Å². The van der Waals surface area contributed by atoms with E-state index in [2.05, 4.69) is 14.7 Å². The van der Waals surface area contributed by atoms with E-state index >= 15 is 0 Å². The maximum atomic E-state index is 13.8. The maximum absolute atomic E-state index is 13.8. The van der Waals surface area contributed by atoms with Gasteiger partial charge in [-0.2, -0.15) is 13.2 Å². The second kappa shape index (κ2) is 9.49. The normalized spacial score (nSPS) is 16.0. The van der Waals surface area contributed by atoms with Crippen molar-refractivity contribution in [2.45, 2.75) is 25.1 Å². The van der Waals surface area contributed by atoms with Gasteiger partial charge in [0, 0.05) is 17.8 Å². The summed E-state index contributed by atoms with van der Waals surface area (Å²) in [6.07, 6.45) is -4.11. The van der Waals surface area contributed by atoms with Crippen LogP contribution < -0.4 is 15.4 Å². The van der Waals surface area contributed by atoms with Crippen LogP contribution in [-0.4, -0.2) is 36.9 Å². The zero-order chi connectivity index (χ0) is 25.3. The quantitative estimate of drug-likeness (QED) is 0.347. The SMILES string of the molecule is NC(=O)C1CCCN1c1nc(C(F)(F)F)nc(-c2ccc(F)cc2)c1-c1cccc(N[SH](=O)=O)c1. The van der Waals surface area contributed by atoms with Gasteiger partial charge in [-0.25, -0.2) is 22.8 Å². The molecule has 1 unspecified atom stereocenters. The lowest BCUT2D eigenvalue weighted by atomic mass is 9.98. The van der Waals surface area contributed by atoms with E-state index in [4.69, 9.17) is 5.73 Å². The summed E-state index contributed by atoms with van der Waals surface area (Å²) < 4.78 is 79.7. The summed E-state index contributed by atoms with van der Waals surface area (Å²) in [5.74, 6) is -2.94. The van der Waals surface area contributed by atoms with Crippen molar-refractivity contribution in [3.8, 4) is 22.4 Å². The van der Waals surface area contributed by atoms with Gasteiger partial charge in [-0.05, 0) is 54.8 Å². The standard InChI is InChI=1S/C22H19F4N5O3S/c23-14-8-6-12(7-9-14)18-17(13-3-1-4-15(11-13)30-35(33)34)20(29-21(28-18)22(24,25)26)31-10-2-5-16(31)19(27)32/h1,3-4,6-9,11,16,35H,2,5,10H2,(H2,27,32)(H,30,33,34). The molecule has 1 amide bonds. The molecule has 13 heteroatoms. The number of hydrogen-bond acceptors (Lipinski definition) is 6. The number of carbonyl (C=O) groups is 1. The summed E-state index contributed by atoms with van der Waals surface area (Å²) in [6, 6.07) is 9.72. The third-order valence-electron chi connectivity index (χ3n) is 5.49. The minimum Gasteiger partial charge on any atom is -0.368 e. The average Bonchev–Trinajstić information content (AvgIpc) is 3.28. The number of carbonyl (C=O) groups excluding carboxylic acids is 1. The Balaban J connectivity index is 2.06. The van der Waals surface area contributed by atoms with Crippen molar-refractivity contribution in [2.75, 3.05) is 16.2 Å². The molecule has 0 bridgehead atoms. The van der Waals surface area contributed by atoms with E-state index < -0.39 is 40.7 Å². The minimum absolute atomic E-state index is 0.113. The van der Waals surface area contributed by atoms with Crippen molar-refractivity contribution >= 4 is 28.3 Å². The Labute approximate surface area is 198 Å². The van der Waals surface area contributed by atoms with E-state index in [1.165, 1.54) is 35.2 Å². The van der Waals surface area contributed by atoms with Gasteiger partial charge in [-0.3, -0.25) is 9.52 Å². The Morgan fingerprint density at radius 1 is 1.09 bits per heavy atom. The van der Waals surface area contributed by atoms with Crippen LogP contribution in [0.15, 0.2) is 48.5 Å². The molecule has 35 heavy (non-hydrogen) atoms. The Hall–Kier alpha value is -3.74. The average molecular weight is 509 g/mol. The first-order chi connectivity index (χ1) is 16.5. The number of alkyl halides is 3. The molecule has 1 atom stereocenters. The highest BCUT2D eigenvalue weighted by atomic mass is 32.2. The molecule has 3 N–H and O–H groups in total. The lowest BCUT2D eigenvalue weighted by Crippen LogP contribution is -2.41. The number of nitrogens with zero attached hydrogens (tertiary/aromatic N) is 3. The Morgan fingerprint density at radius 2 is 1.80 bits per heavy atom. The fraction of sp³-hybridized carbons (Fsp3) is 0.227. The van der Waals surface area contributed by atoms with Crippen LogP contribution in [0.2, 0.25) is 0 Å². The number of nitrogens with one attached hydrogen (secondary N) is 1. The summed E-state index contributed by atoms with van der Waals surface area (Å²) in [5, 5.41) is 0. The van der Waals surface area contributed by atoms with Crippen LogP contribution in [0.5, 0.6) is 0 Å². The number of anilines is 2. The fourth-order valence-corrected chi connectivity index (χ4v) is 4.38. The minimum atomic E-state index is -4.92. The number of halogens is 4. The van der Waals surface area contributed by atoms with Gasteiger partial charge in [0.2, 0.25) is 22.6 Å². The Kier molecular flexibility index (Phi) is 6.61. The molecule has 1 aromatic heterocycles. The van der Waals surface area contributed by atoms with Gasteiger partial charge in [0.05, 0.1) is 11.3 Å². The molecule has 1 fully saturated rings. The van der Waals surface area contributed by atoms with Crippen molar-refractivity contribution in [3.05, 3.63) is 60.2 Å². The van der Waals surface area contributed by atoms with Gasteiger partial charge in [-0.15, -0.1) is 0 Å². The summed E-state index contributed by atoms with van der Waals surface area (Å²) in [6.45, 7) is 0.210. The lowest BCUT2D eigenvalue weighted by Gasteiger charge is -2.28. The van der Waals surface area contributed by atoms with Gasteiger partial charge in [0.25, 0.3) is 0 Å². The topological polar surface area (TPSA) is 118 Å². The predicted molar refractivity (Wildman–Crippen MR) is 121 cm³/mol.